The molecule has 0 saturated carbocycles. The van der Waals surface area contributed by atoms with Gasteiger partial charge in [-0.2, -0.15) is 0 Å². The van der Waals surface area contributed by atoms with Gasteiger partial charge in [0, 0.05) is 37.8 Å². The van der Waals surface area contributed by atoms with Crippen LogP contribution >= 0.6 is 0 Å². The largest absolute Gasteiger partial charge is 0.355 e. The van der Waals surface area contributed by atoms with Gasteiger partial charge < -0.3 is 10.2 Å². The lowest BCUT2D eigenvalue weighted by molar-refractivity contribution is 0.479. The van der Waals surface area contributed by atoms with Gasteiger partial charge in [-0.25, -0.2) is 0 Å². The maximum Gasteiger partial charge on any atom is 0.193 e. The molecule has 4 nitrogen and oxygen atoms in total. The summed E-state index contributed by atoms with van der Waals surface area (Å²) in [7, 11) is 2.79. The number of benzene rings is 2. The summed E-state index contributed by atoms with van der Waals surface area (Å²) in [5, 5.41) is 3.30. The highest BCUT2D eigenvalue weighted by molar-refractivity contribution is 7.85. The summed E-state index contributed by atoms with van der Waals surface area (Å²) < 4.78 is 12.3. The van der Waals surface area contributed by atoms with Gasteiger partial charge in [-0.1, -0.05) is 49.4 Å². The minimum absolute atomic E-state index is 0.558. The molecule has 0 spiro atoms. The molecule has 0 fully saturated rings. The van der Waals surface area contributed by atoms with Crippen molar-refractivity contribution in [1.29, 1.82) is 0 Å². The van der Waals surface area contributed by atoms with Crippen molar-refractivity contribution >= 4 is 16.8 Å². The van der Waals surface area contributed by atoms with Crippen molar-refractivity contribution in [2.24, 2.45) is 4.99 Å². The van der Waals surface area contributed by atoms with Gasteiger partial charge in [0.15, 0.2) is 5.96 Å². The highest BCUT2D eigenvalue weighted by Gasteiger charge is 2.08. The van der Waals surface area contributed by atoms with Crippen LogP contribution in [0, 0.1) is 0 Å². The molecule has 5 heteroatoms. The Morgan fingerprint density at radius 1 is 1.08 bits per heavy atom. The molecule has 2 aromatic carbocycles. The average Bonchev–Trinajstić information content (AvgIpc) is 2.66. The van der Waals surface area contributed by atoms with E-state index in [1.165, 1.54) is 11.1 Å². The van der Waals surface area contributed by atoms with Crippen LogP contribution in [-0.4, -0.2) is 41.5 Å². The smallest absolute Gasteiger partial charge is 0.193 e. The lowest BCUT2D eigenvalue weighted by atomic mass is 10.1. The predicted molar refractivity (Wildman–Crippen MR) is 106 cm³/mol. The molecule has 0 aromatic heterocycles. The Bertz CT molecular complexity index is 699. The van der Waals surface area contributed by atoms with Crippen LogP contribution in [0.3, 0.4) is 0 Å². The van der Waals surface area contributed by atoms with Gasteiger partial charge in [0.25, 0.3) is 0 Å². The van der Waals surface area contributed by atoms with E-state index >= 15 is 0 Å². The Labute approximate surface area is 153 Å². The third kappa shape index (κ3) is 6.02. The first-order valence-corrected chi connectivity index (χ1v) is 9.89. The molecule has 134 valence electrons. The molecule has 0 saturated heterocycles. The van der Waals surface area contributed by atoms with Gasteiger partial charge in [0.05, 0.1) is 10.8 Å². The van der Waals surface area contributed by atoms with E-state index in [0.717, 1.165) is 23.8 Å². The topological polar surface area (TPSA) is 44.7 Å². The number of hydrogen-bond acceptors (Lipinski definition) is 2. The normalized spacial score (nSPS) is 12.7. The van der Waals surface area contributed by atoms with Crippen molar-refractivity contribution in [3.8, 4) is 0 Å². The van der Waals surface area contributed by atoms with E-state index in [1.54, 1.807) is 7.05 Å². The van der Waals surface area contributed by atoms with Crippen molar-refractivity contribution in [3.05, 3.63) is 65.7 Å². The zero-order valence-corrected chi connectivity index (χ0v) is 16.1. The minimum atomic E-state index is -0.993. The van der Waals surface area contributed by atoms with Crippen LogP contribution < -0.4 is 5.32 Å². The monoisotopic (exact) mass is 357 g/mol. The van der Waals surface area contributed by atoms with Crippen molar-refractivity contribution < 1.29 is 4.21 Å². The highest BCUT2D eigenvalue weighted by atomic mass is 32.2. The van der Waals surface area contributed by atoms with Crippen molar-refractivity contribution in [1.82, 2.24) is 10.2 Å². The van der Waals surface area contributed by atoms with Crippen molar-refractivity contribution in [3.63, 3.8) is 0 Å². The van der Waals surface area contributed by atoms with Crippen LogP contribution in [0.25, 0.3) is 0 Å². The van der Waals surface area contributed by atoms with Gasteiger partial charge in [-0.05, 0) is 29.7 Å². The molecule has 1 N–H and O–H groups in total. The maximum absolute atomic E-state index is 12.3. The lowest BCUT2D eigenvalue weighted by Gasteiger charge is -2.22. The van der Waals surface area contributed by atoms with E-state index in [9.17, 15) is 4.21 Å². The van der Waals surface area contributed by atoms with Crippen LogP contribution in [-0.2, 0) is 23.8 Å². The fourth-order valence-corrected chi connectivity index (χ4v) is 3.54. The zero-order valence-electron chi connectivity index (χ0n) is 15.2. The number of hydrogen-bond donors (Lipinski definition) is 1. The molecule has 2 aromatic rings. The minimum Gasteiger partial charge on any atom is -0.355 e. The second-order valence-electron chi connectivity index (χ2n) is 5.86. The third-order valence-electron chi connectivity index (χ3n) is 4.00. The second kappa shape index (κ2) is 9.99. The second-order valence-corrected chi connectivity index (χ2v) is 7.43. The number of nitrogens with zero attached hydrogens (tertiary/aromatic N) is 2. The third-order valence-corrected chi connectivity index (χ3v) is 5.37. The SMILES string of the molecule is CCc1ccc(CN(C)C(=NC)NCCS(=O)c2ccccc2)cc1. The molecule has 0 aliphatic carbocycles. The molecule has 2 rings (SSSR count). The van der Waals surface area contributed by atoms with Crippen LogP contribution in [0.4, 0.5) is 0 Å². The average molecular weight is 358 g/mol. The molecule has 0 amide bonds. The molecule has 0 bridgehead atoms. The molecular weight excluding hydrogens is 330 g/mol. The summed E-state index contributed by atoms with van der Waals surface area (Å²) in [6.45, 7) is 3.56. The Morgan fingerprint density at radius 3 is 2.32 bits per heavy atom. The first-order valence-electron chi connectivity index (χ1n) is 8.57. The Balaban J connectivity index is 1.83. The van der Waals surface area contributed by atoms with Gasteiger partial charge in [0.2, 0.25) is 0 Å². The Morgan fingerprint density at radius 2 is 1.72 bits per heavy atom. The Hall–Kier alpha value is -2.14. The first-order chi connectivity index (χ1) is 12.1. The van der Waals surface area contributed by atoms with Crippen molar-refractivity contribution in [2.75, 3.05) is 26.4 Å². The highest BCUT2D eigenvalue weighted by Crippen LogP contribution is 2.08. The molecule has 0 aliphatic rings. The van der Waals surface area contributed by atoms with Crippen LogP contribution in [0.1, 0.15) is 18.1 Å². The summed E-state index contributed by atoms with van der Waals surface area (Å²) in [5.74, 6) is 1.37. The summed E-state index contributed by atoms with van der Waals surface area (Å²) in [6.07, 6.45) is 1.05. The lowest BCUT2D eigenvalue weighted by Crippen LogP contribution is -2.40. The summed E-state index contributed by atoms with van der Waals surface area (Å²) in [4.78, 5) is 7.26. The van der Waals surface area contributed by atoms with Crippen molar-refractivity contribution in [2.45, 2.75) is 24.8 Å². The van der Waals surface area contributed by atoms with E-state index in [4.69, 9.17) is 0 Å². The number of aliphatic imine (C=N–C) groups is 1. The maximum atomic E-state index is 12.3. The number of rotatable bonds is 7. The molecule has 25 heavy (non-hydrogen) atoms. The summed E-state index contributed by atoms with van der Waals surface area (Å²) in [5.41, 5.74) is 2.59. The summed E-state index contributed by atoms with van der Waals surface area (Å²) >= 11 is 0. The van der Waals surface area contributed by atoms with E-state index < -0.39 is 10.8 Å². The number of guanidine groups is 1. The number of aryl methyl sites for hydroxylation is 1. The van der Waals surface area contributed by atoms with E-state index in [0.29, 0.717) is 12.3 Å². The molecule has 0 aliphatic heterocycles. The number of nitrogens with one attached hydrogen (secondary N) is 1. The standard InChI is InChI=1S/C20H27N3OS/c1-4-17-10-12-18(13-11-17)16-23(3)20(21-2)22-14-15-25(24)19-8-6-5-7-9-19/h5-13H,4,14-16H2,1-3H3,(H,21,22). The Kier molecular flexibility index (Phi) is 7.67. The molecular formula is C20H27N3OS. The van der Waals surface area contributed by atoms with Gasteiger partial charge in [-0.15, -0.1) is 0 Å². The van der Waals surface area contributed by atoms with Crippen LogP contribution in [0.15, 0.2) is 64.5 Å². The van der Waals surface area contributed by atoms with Crippen LogP contribution in [0.2, 0.25) is 0 Å². The van der Waals surface area contributed by atoms with Gasteiger partial charge >= 0.3 is 0 Å². The summed E-state index contributed by atoms with van der Waals surface area (Å²) in [6, 6.07) is 18.2. The van der Waals surface area contributed by atoms with Crippen LogP contribution in [0.5, 0.6) is 0 Å². The van der Waals surface area contributed by atoms with E-state index in [-0.39, 0.29) is 0 Å². The van der Waals surface area contributed by atoms with E-state index in [1.807, 2.05) is 37.4 Å². The molecule has 1 atom stereocenters. The van der Waals surface area contributed by atoms with E-state index in [2.05, 4.69) is 46.4 Å². The molecule has 0 radical (unpaired) electrons. The fourth-order valence-electron chi connectivity index (χ4n) is 2.56. The fraction of sp³-hybridized carbons (Fsp3) is 0.350. The van der Waals surface area contributed by atoms with Gasteiger partial charge in [-0.3, -0.25) is 9.20 Å². The quantitative estimate of drug-likeness (QED) is 0.612. The molecule has 1 unspecified atom stereocenters. The first kappa shape index (κ1) is 19.2. The predicted octanol–water partition coefficient (Wildman–Crippen LogP) is 3.06. The zero-order chi connectivity index (χ0) is 18.1. The van der Waals surface area contributed by atoms with Gasteiger partial charge in [0.1, 0.15) is 0 Å². The molecule has 0 heterocycles.